The average Bonchev–Trinajstić information content (AvgIpc) is 2.46. The highest BCUT2D eigenvalue weighted by atomic mass is 19.1. The summed E-state index contributed by atoms with van der Waals surface area (Å²) in [6, 6.07) is 13.5. The Bertz CT molecular complexity index is 715. The Morgan fingerprint density at radius 2 is 1.95 bits per heavy atom. The highest BCUT2D eigenvalue weighted by Crippen LogP contribution is 2.20. The third-order valence-electron chi connectivity index (χ3n) is 2.67. The molecule has 0 aliphatic rings. The van der Waals surface area contributed by atoms with Crippen LogP contribution in [0.4, 0.5) is 10.1 Å². The minimum absolute atomic E-state index is 0.0462. The number of hydrogen-bond acceptors (Lipinski definition) is 3. The van der Waals surface area contributed by atoms with Crippen LogP contribution >= 0.6 is 0 Å². The van der Waals surface area contributed by atoms with E-state index in [-0.39, 0.29) is 11.5 Å². The molecule has 0 spiro atoms. The van der Waals surface area contributed by atoms with E-state index in [0.29, 0.717) is 16.7 Å². The monoisotopic (exact) mass is 268 g/mol. The zero-order valence-corrected chi connectivity index (χ0v) is 10.3. The first-order valence-corrected chi connectivity index (χ1v) is 5.72. The molecule has 5 heteroatoms. The van der Waals surface area contributed by atoms with E-state index in [1.165, 1.54) is 42.5 Å². The third kappa shape index (κ3) is 3.06. The van der Waals surface area contributed by atoms with E-state index >= 15 is 0 Å². The molecule has 0 aromatic heterocycles. The van der Waals surface area contributed by atoms with Gasteiger partial charge in [-0.1, -0.05) is 24.3 Å². The minimum atomic E-state index is -0.499. The summed E-state index contributed by atoms with van der Waals surface area (Å²) in [6.07, 6.45) is 1.53. The van der Waals surface area contributed by atoms with Gasteiger partial charge in [-0.2, -0.15) is 5.26 Å². The van der Waals surface area contributed by atoms with Crippen LogP contribution in [-0.4, -0.2) is 4.92 Å². The molecule has 98 valence electrons. The Morgan fingerprint density at radius 3 is 2.55 bits per heavy atom. The molecule has 0 aliphatic carbocycles. The van der Waals surface area contributed by atoms with Crippen molar-refractivity contribution in [3.05, 3.63) is 75.6 Å². The van der Waals surface area contributed by atoms with Gasteiger partial charge in [-0.05, 0) is 29.3 Å². The largest absolute Gasteiger partial charge is 0.270 e. The maximum Gasteiger partial charge on any atom is 0.270 e. The number of halogens is 1. The molecule has 2 aromatic carbocycles. The average molecular weight is 268 g/mol. The zero-order valence-electron chi connectivity index (χ0n) is 10.3. The van der Waals surface area contributed by atoms with E-state index in [9.17, 15) is 14.5 Å². The van der Waals surface area contributed by atoms with E-state index in [1.807, 2.05) is 6.07 Å². The molecule has 0 saturated heterocycles. The maximum atomic E-state index is 12.8. The van der Waals surface area contributed by atoms with Gasteiger partial charge in [0.15, 0.2) is 0 Å². The molecule has 0 aliphatic heterocycles. The highest BCUT2D eigenvalue weighted by molar-refractivity contribution is 5.89. The van der Waals surface area contributed by atoms with Crippen molar-refractivity contribution >= 4 is 17.3 Å². The summed E-state index contributed by atoms with van der Waals surface area (Å²) in [7, 11) is 0. The Morgan fingerprint density at radius 1 is 1.25 bits per heavy atom. The van der Waals surface area contributed by atoms with Crippen molar-refractivity contribution in [3.8, 4) is 6.07 Å². The van der Waals surface area contributed by atoms with E-state index in [2.05, 4.69) is 0 Å². The molecule has 0 amide bonds. The molecule has 0 N–H and O–H groups in total. The van der Waals surface area contributed by atoms with Crippen molar-refractivity contribution in [1.29, 1.82) is 5.26 Å². The fourth-order valence-electron chi connectivity index (χ4n) is 1.70. The standard InChI is InChI=1S/C15H9FN2O2/c16-14-6-4-12(5-7-14)13(10-17)8-11-2-1-3-15(9-11)18(19)20/h1-9H/b13-8-. The molecule has 0 saturated carbocycles. The molecule has 0 radical (unpaired) electrons. The van der Waals surface area contributed by atoms with E-state index < -0.39 is 4.92 Å². The lowest BCUT2D eigenvalue weighted by Gasteiger charge is -2.00. The summed E-state index contributed by atoms with van der Waals surface area (Å²) in [5, 5.41) is 19.8. The Labute approximate surface area is 114 Å². The summed E-state index contributed by atoms with van der Waals surface area (Å²) in [4.78, 5) is 10.2. The molecular formula is C15H9FN2O2. The molecule has 0 heterocycles. The second-order valence-electron chi connectivity index (χ2n) is 4.03. The lowest BCUT2D eigenvalue weighted by atomic mass is 10.0. The van der Waals surface area contributed by atoms with Crippen molar-refractivity contribution < 1.29 is 9.31 Å². The van der Waals surface area contributed by atoms with Gasteiger partial charge in [-0.25, -0.2) is 4.39 Å². The number of non-ortho nitro benzene ring substituents is 1. The van der Waals surface area contributed by atoms with Crippen LogP contribution < -0.4 is 0 Å². The molecule has 4 nitrogen and oxygen atoms in total. The molecule has 0 unspecified atom stereocenters. The molecule has 0 fully saturated rings. The lowest BCUT2D eigenvalue weighted by molar-refractivity contribution is -0.384. The smallest absolute Gasteiger partial charge is 0.258 e. The normalized spacial score (nSPS) is 10.9. The molecule has 0 atom stereocenters. The van der Waals surface area contributed by atoms with Crippen molar-refractivity contribution in [2.75, 3.05) is 0 Å². The van der Waals surface area contributed by atoms with Crippen LogP contribution in [0.3, 0.4) is 0 Å². The molecule has 2 rings (SSSR count). The maximum absolute atomic E-state index is 12.8. The first kappa shape index (κ1) is 13.4. The van der Waals surface area contributed by atoms with Crippen molar-refractivity contribution in [2.45, 2.75) is 0 Å². The van der Waals surface area contributed by atoms with E-state index in [1.54, 1.807) is 12.1 Å². The number of rotatable bonds is 3. The molecule has 20 heavy (non-hydrogen) atoms. The first-order valence-electron chi connectivity index (χ1n) is 5.72. The second kappa shape index (κ2) is 5.76. The van der Waals surface area contributed by atoms with Crippen LogP contribution in [-0.2, 0) is 0 Å². The van der Waals surface area contributed by atoms with Gasteiger partial charge in [0, 0.05) is 12.1 Å². The fraction of sp³-hybridized carbons (Fsp3) is 0. The number of nitro benzene ring substituents is 1. The predicted octanol–water partition coefficient (Wildman–Crippen LogP) is 3.80. The number of benzene rings is 2. The molecule has 2 aromatic rings. The zero-order chi connectivity index (χ0) is 14.5. The number of nitrogens with zero attached hydrogens (tertiary/aromatic N) is 2. The molecule has 0 bridgehead atoms. The van der Waals surface area contributed by atoms with Crippen LogP contribution in [0.25, 0.3) is 11.6 Å². The van der Waals surface area contributed by atoms with Gasteiger partial charge in [0.2, 0.25) is 0 Å². The number of hydrogen-bond donors (Lipinski definition) is 0. The minimum Gasteiger partial charge on any atom is -0.258 e. The number of nitriles is 1. The lowest BCUT2D eigenvalue weighted by Crippen LogP contribution is -1.88. The van der Waals surface area contributed by atoms with Crippen molar-refractivity contribution in [1.82, 2.24) is 0 Å². The van der Waals surface area contributed by atoms with Gasteiger partial charge < -0.3 is 0 Å². The van der Waals surface area contributed by atoms with Crippen molar-refractivity contribution in [3.63, 3.8) is 0 Å². The SMILES string of the molecule is N#C/C(=C/c1cccc([N+](=O)[O-])c1)c1ccc(F)cc1. The van der Waals surface area contributed by atoms with E-state index in [0.717, 1.165) is 0 Å². The number of nitro groups is 1. The quantitative estimate of drug-likeness (QED) is 0.368. The van der Waals surface area contributed by atoms with Crippen LogP contribution in [0.2, 0.25) is 0 Å². The summed E-state index contributed by atoms with van der Waals surface area (Å²) in [5.41, 5.74) is 1.36. The predicted molar refractivity (Wildman–Crippen MR) is 73.0 cm³/mol. The van der Waals surface area contributed by atoms with Crippen LogP contribution in [0, 0.1) is 27.3 Å². The van der Waals surface area contributed by atoms with Crippen molar-refractivity contribution in [2.24, 2.45) is 0 Å². The van der Waals surface area contributed by atoms with Gasteiger partial charge in [0.05, 0.1) is 16.6 Å². The van der Waals surface area contributed by atoms with Crippen LogP contribution in [0.15, 0.2) is 48.5 Å². The van der Waals surface area contributed by atoms with E-state index in [4.69, 9.17) is 5.26 Å². The first-order chi connectivity index (χ1) is 9.60. The Kier molecular flexibility index (Phi) is 3.87. The summed E-state index contributed by atoms with van der Waals surface area (Å²) in [6.45, 7) is 0. The summed E-state index contributed by atoms with van der Waals surface area (Å²) < 4.78 is 12.8. The summed E-state index contributed by atoms with van der Waals surface area (Å²) >= 11 is 0. The van der Waals surface area contributed by atoms with Gasteiger partial charge in [-0.15, -0.1) is 0 Å². The highest BCUT2D eigenvalue weighted by Gasteiger charge is 2.06. The second-order valence-corrected chi connectivity index (χ2v) is 4.03. The fourth-order valence-corrected chi connectivity index (χ4v) is 1.70. The van der Waals surface area contributed by atoms with Gasteiger partial charge in [0.25, 0.3) is 5.69 Å². The number of allylic oxidation sites excluding steroid dienone is 1. The Balaban J connectivity index is 2.41. The topological polar surface area (TPSA) is 66.9 Å². The van der Waals surface area contributed by atoms with Crippen LogP contribution in [0.1, 0.15) is 11.1 Å². The van der Waals surface area contributed by atoms with Gasteiger partial charge >= 0.3 is 0 Å². The summed E-state index contributed by atoms with van der Waals surface area (Å²) in [5.74, 6) is -0.388. The van der Waals surface area contributed by atoms with Crippen LogP contribution in [0.5, 0.6) is 0 Å². The molecular weight excluding hydrogens is 259 g/mol. The van der Waals surface area contributed by atoms with Gasteiger partial charge in [-0.3, -0.25) is 10.1 Å². The third-order valence-corrected chi connectivity index (χ3v) is 2.67. The Hall–Kier alpha value is -3.00. The van der Waals surface area contributed by atoms with Gasteiger partial charge in [0.1, 0.15) is 5.82 Å².